The number of carbonyl (C=O) groups excluding carboxylic acids is 4. The van der Waals surface area contributed by atoms with Crippen molar-refractivity contribution in [1.29, 1.82) is 0 Å². The first kappa shape index (κ1) is 101. The first-order valence-corrected chi connectivity index (χ1v) is 44.1. The summed E-state index contributed by atoms with van der Waals surface area (Å²) in [7, 11) is -10.00. The smallest absolute Gasteiger partial charge is 0.462 e. The average Bonchev–Trinajstić information content (AvgIpc) is 0.933. The van der Waals surface area contributed by atoms with Gasteiger partial charge >= 0.3 is 39.5 Å². The molecule has 0 aliphatic heterocycles. The van der Waals surface area contributed by atoms with Gasteiger partial charge in [0.25, 0.3) is 0 Å². The summed E-state index contributed by atoms with van der Waals surface area (Å²) in [5, 5.41) is 10.6. The molecule has 17 nitrogen and oxygen atoms in total. The second-order valence-corrected chi connectivity index (χ2v) is 29.9. The van der Waals surface area contributed by atoms with Crippen molar-refractivity contribution in [3.05, 3.63) is 146 Å². The normalized spacial score (nSPS) is 14.6. The molecule has 106 heavy (non-hydrogen) atoms. The number of hydrogen-bond donors (Lipinski definition) is 3. The van der Waals surface area contributed by atoms with E-state index in [4.69, 9.17) is 37.0 Å². The number of carbonyl (C=O) groups is 4. The van der Waals surface area contributed by atoms with Crippen LogP contribution in [0.4, 0.5) is 0 Å². The van der Waals surface area contributed by atoms with Gasteiger partial charge in [0.05, 0.1) is 26.4 Å². The first-order chi connectivity index (χ1) is 51.7. The van der Waals surface area contributed by atoms with Gasteiger partial charge in [-0.15, -0.1) is 0 Å². The lowest BCUT2D eigenvalue weighted by atomic mass is 10.1. The van der Waals surface area contributed by atoms with Crippen LogP contribution in [-0.2, 0) is 65.4 Å². The number of unbranched alkanes of at least 4 members (excludes halogenated alkanes) is 26. The maximum Gasteiger partial charge on any atom is 0.472 e. The number of hydrogen-bond acceptors (Lipinski definition) is 15. The van der Waals surface area contributed by atoms with Gasteiger partial charge in [0, 0.05) is 25.7 Å². The molecular formula is C87H146O17P2. The summed E-state index contributed by atoms with van der Waals surface area (Å²) in [5.74, 6) is -2.32. The number of rotatable bonds is 76. The molecule has 0 spiro atoms. The second-order valence-electron chi connectivity index (χ2n) is 27.0. The molecule has 3 N–H and O–H groups in total. The lowest BCUT2D eigenvalue weighted by Gasteiger charge is -2.21. The van der Waals surface area contributed by atoms with E-state index in [0.717, 1.165) is 167 Å². The van der Waals surface area contributed by atoms with Crippen LogP contribution in [0.1, 0.15) is 323 Å². The zero-order valence-corrected chi connectivity index (χ0v) is 68.1. The Balaban J connectivity index is 5.45. The third-order valence-electron chi connectivity index (χ3n) is 16.8. The largest absolute Gasteiger partial charge is 0.472 e. The van der Waals surface area contributed by atoms with E-state index in [1.807, 2.05) is 12.2 Å². The highest BCUT2D eigenvalue weighted by molar-refractivity contribution is 7.47. The first-order valence-electron chi connectivity index (χ1n) is 41.1. The molecule has 606 valence electrons. The van der Waals surface area contributed by atoms with Crippen LogP contribution >= 0.6 is 15.6 Å². The Hall–Kier alpha value is -5.06. The molecule has 2 unspecified atom stereocenters. The van der Waals surface area contributed by atoms with Gasteiger partial charge in [-0.3, -0.25) is 37.3 Å². The van der Waals surface area contributed by atoms with Gasteiger partial charge in [0.1, 0.15) is 19.3 Å². The number of aliphatic hydroxyl groups is 1. The minimum Gasteiger partial charge on any atom is -0.462 e. The monoisotopic (exact) mass is 1530 g/mol. The molecule has 0 aliphatic rings. The van der Waals surface area contributed by atoms with E-state index in [9.17, 15) is 43.2 Å². The maximum atomic E-state index is 13.1. The summed E-state index contributed by atoms with van der Waals surface area (Å²) >= 11 is 0. The van der Waals surface area contributed by atoms with Crippen molar-refractivity contribution < 1.29 is 80.2 Å². The van der Waals surface area contributed by atoms with Gasteiger partial charge < -0.3 is 33.8 Å². The summed E-state index contributed by atoms with van der Waals surface area (Å²) in [6.07, 6.45) is 89.8. The van der Waals surface area contributed by atoms with Crippen molar-refractivity contribution in [2.45, 2.75) is 341 Å². The van der Waals surface area contributed by atoms with E-state index in [1.54, 1.807) is 0 Å². The van der Waals surface area contributed by atoms with Crippen molar-refractivity contribution in [3.63, 3.8) is 0 Å². The Morgan fingerprint density at radius 2 is 0.509 bits per heavy atom. The highest BCUT2D eigenvalue weighted by Gasteiger charge is 2.30. The Morgan fingerprint density at radius 1 is 0.274 bits per heavy atom. The highest BCUT2D eigenvalue weighted by Crippen LogP contribution is 2.45. The minimum absolute atomic E-state index is 0.0331. The summed E-state index contributed by atoms with van der Waals surface area (Å²) in [6, 6.07) is 0. The van der Waals surface area contributed by atoms with Crippen molar-refractivity contribution in [2.24, 2.45) is 0 Å². The SMILES string of the molecule is CC/C=C\C/C=C\C/C=C\C/C=C\C/C=C\CCCCCC(=O)OC[C@H](COP(=O)(O)OC[C@@H](O)COP(=O)(O)OC[C@@H](COC(=O)CC/C=C\C/C=C\C/C=C\C/C=C\C/C=C\CCCCC)OC(=O)CCCCCCC/C=C\CCCCCC)OC(=O)CCCCCCCCC/C=C\CCCCCC. The van der Waals surface area contributed by atoms with Gasteiger partial charge in [-0.1, -0.05) is 283 Å². The molecule has 0 aromatic rings. The molecule has 5 atom stereocenters. The van der Waals surface area contributed by atoms with Gasteiger partial charge in [-0.2, -0.15) is 0 Å². The molecule has 0 amide bonds. The van der Waals surface area contributed by atoms with Crippen molar-refractivity contribution in [2.75, 3.05) is 39.6 Å². The predicted octanol–water partition coefficient (Wildman–Crippen LogP) is 24.2. The Morgan fingerprint density at radius 3 is 0.849 bits per heavy atom. The summed E-state index contributed by atoms with van der Waals surface area (Å²) < 4.78 is 68.6. The Labute approximate surface area is 643 Å². The molecular weight excluding hydrogens is 1380 g/mol. The van der Waals surface area contributed by atoms with Crippen LogP contribution in [0.2, 0.25) is 0 Å². The van der Waals surface area contributed by atoms with E-state index >= 15 is 0 Å². The van der Waals surface area contributed by atoms with Crippen LogP contribution in [0.15, 0.2) is 146 Å². The number of esters is 4. The number of ether oxygens (including phenoxy) is 4. The van der Waals surface area contributed by atoms with Crippen LogP contribution < -0.4 is 0 Å². The third kappa shape index (κ3) is 77.1. The molecule has 0 radical (unpaired) electrons. The van der Waals surface area contributed by atoms with E-state index in [-0.39, 0.29) is 25.7 Å². The fourth-order valence-corrected chi connectivity index (χ4v) is 12.1. The molecule has 0 fully saturated rings. The van der Waals surface area contributed by atoms with Crippen LogP contribution in [0, 0.1) is 0 Å². The van der Waals surface area contributed by atoms with Crippen LogP contribution in [0.3, 0.4) is 0 Å². The number of aliphatic hydroxyl groups excluding tert-OH is 1. The molecule has 19 heteroatoms. The Bertz CT molecular complexity index is 2580. The van der Waals surface area contributed by atoms with Crippen LogP contribution in [-0.4, -0.2) is 96.7 Å². The Kier molecular flexibility index (Phi) is 74.3. The lowest BCUT2D eigenvalue weighted by molar-refractivity contribution is -0.161. The number of allylic oxidation sites excluding steroid dienone is 24. The summed E-state index contributed by atoms with van der Waals surface area (Å²) in [5.41, 5.74) is 0. The van der Waals surface area contributed by atoms with E-state index in [0.29, 0.717) is 32.1 Å². The van der Waals surface area contributed by atoms with Crippen LogP contribution in [0.5, 0.6) is 0 Å². The second kappa shape index (κ2) is 78.1. The van der Waals surface area contributed by atoms with E-state index < -0.39 is 97.5 Å². The molecule has 0 saturated carbocycles. The van der Waals surface area contributed by atoms with Gasteiger partial charge in [-0.25, -0.2) is 9.13 Å². The van der Waals surface area contributed by atoms with Crippen molar-refractivity contribution >= 4 is 39.5 Å². The van der Waals surface area contributed by atoms with Crippen molar-refractivity contribution in [1.82, 2.24) is 0 Å². The molecule has 0 aromatic carbocycles. The number of phosphoric acid groups is 2. The average molecular weight is 1530 g/mol. The zero-order chi connectivity index (χ0) is 77.4. The lowest BCUT2D eigenvalue weighted by Crippen LogP contribution is -2.30. The van der Waals surface area contributed by atoms with Gasteiger partial charge in [-0.05, 0) is 161 Å². The minimum atomic E-state index is -5.00. The summed E-state index contributed by atoms with van der Waals surface area (Å²) in [4.78, 5) is 73.0. The number of phosphoric ester groups is 2. The fraction of sp³-hybridized carbons (Fsp3) is 0.678. The van der Waals surface area contributed by atoms with Crippen LogP contribution in [0.25, 0.3) is 0 Å². The van der Waals surface area contributed by atoms with Crippen molar-refractivity contribution in [3.8, 4) is 0 Å². The predicted molar refractivity (Wildman–Crippen MR) is 436 cm³/mol. The molecule has 0 saturated heterocycles. The molecule has 0 heterocycles. The van der Waals surface area contributed by atoms with Gasteiger partial charge in [0.2, 0.25) is 0 Å². The zero-order valence-electron chi connectivity index (χ0n) is 66.3. The quantitative estimate of drug-likeness (QED) is 0.0169. The molecule has 0 aliphatic carbocycles. The summed E-state index contributed by atoms with van der Waals surface area (Å²) in [6.45, 7) is 4.58. The van der Waals surface area contributed by atoms with Gasteiger partial charge in [0.15, 0.2) is 12.2 Å². The molecule has 0 bridgehead atoms. The highest BCUT2D eigenvalue weighted by atomic mass is 31.2. The molecule has 0 aromatic heterocycles. The van der Waals surface area contributed by atoms with E-state index in [2.05, 4.69) is 161 Å². The maximum absolute atomic E-state index is 13.1. The fourth-order valence-electron chi connectivity index (χ4n) is 10.5. The topological polar surface area (TPSA) is 237 Å². The standard InChI is InChI=1S/C87H146O17P2/c1-5-9-13-17-21-25-29-33-36-38-40-42-45-48-51-55-59-63-67-71-84(89)97-77-82(103-86(91)73-69-65-61-57-53-47-32-28-24-20-16-12-8-4)79-101-105(93,94)99-75-81(88)76-100-106(95,96)102-80-83(104-87(92)74-70-66-62-58-54-50-44-35-31-27-23-19-15-11-7-3)78-98-85(90)72-68-64-60-56-52-49-46-43-41-39-37-34-30-26-22-18-14-10-6-2/h10,14,21-22,25-28,31-34,36-37,40-43,48-49,51-52,59,63,81-83,88H,5-9,11-13,15-20,23-24,29-30,35,38-39,44-47,50,53-58,60-62,64-80H2,1-4H3,(H,93,94)(H,95,96)/b14-10-,25-21-,26-22-,31-27-,32-28-,36-33-,37-34-,42-40-,43-41-,51-48-,52-49-,63-59-/t81-,82+,83+/m0/s1. The third-order valence-corrected chi connectivity index (χ3v) is 18.7. The van der Waals surface area contributed by atoms with E-state index in [1.165, 1.54) is 70.6 Å². The molecule has 0 rings (SSSR count).